The van der Waals surface area contributed by atoms with Crippen LogP contribution in [0.5, 0.6) is 0 Å². The largest absolute Gasteiger partial charge is 0.394 e. The van der Waals surface area contributed by atoms with Crippen LogP contribution in [0, 0.1) is 0 Å². The van der Waals surface area contributed by atoms with Crippen molar-refractivity contribution in [2.24, 2.45) is 0 Å². The molecule has 2 rings (SSSR count). The van der Waals surface area contributed by atoms with Gasteiger partial charge in [-0.1, -0.05) is 0 Å². The number of fused-ring (bicyclic) bond motifs is 1. The summed E-state index contributed by atoms with van der Waals surface area (Å²) in [6, 6.07) is 0. The third-order valence-corrected chi connectivity index (χ3v) is 8.07. The Morgan fingerprint density at radius 2 is 1.64 bits per heavy atom. The SMILES string of the molecule is CCO[Si](C)(OCC)C12CCN1CC2. The second kappa shape index (κ2) is 3.59. The van der Waals surface area contributed by atoms with E-state index in [0.29, 0.717) is 5.16 Å². The molecule has 4 heteroatoms. The van der Waals surface area contributed by atoms with Crippen molar-refractivity contribution in [1.29, 1.82) is 0 Å². The van der Waals surface area contributed by atoms with E-state index in [2.05, 4.69) is 25.3 Å². The topological polar surface area (TPSA) is 21.7 Å². The molecular formula is C10H21NO2Si. The zero-order valence-electron chi connectivity index (χ0n) is 9.51. The molecule has 2 heterocycles. The van der Waals surface area contributed by atoms with Crippen LogP contribution < -0.4 is 0 Å². The van der Waals surface area contributed by atoms with Gasteiger partial charge in [0.05, 0.1) is 5.16 Å². The Balaban J connectivity index is 2.09. The molecule has 0 N–H and O–H groups in total. The Morgan fingerprint density at radius 3 is 1.86 bits per heavy atom. The van der Waals surface area contributed by atoms with Gasteiger partial charge in [-0.05, 0) is 33.2 Å². The van der Waals surface area contributed by atoms with Gasteiger partial charge in [0, 0.05) is 26.3 Å². The van der Waals surface area contributed by atoms with Gasteiger partial charge < -0.3 is 8.85 Å². The number of piperidine rings is 1. The zero-order valence-corrected chi connectivity index (χ0v) is 10.5. The van der Waals surface area contributed by atoms with Crippen LogP contribution in [-0.2, 0) is 8.85 Å². The van der Waals surface area contributed by atoms with Gasteiger partial charge in [0.25, 0.3) is 0 Å². The Hall–Kier alpha value is 0.0969. The normalized spacial score (nSPS) is 25.1. The van der Waals surface area contributed by atoms with E-state index in [1.54, 1.807) is 0 Å². The van der Waals surface area contributed by atoms with Gasteiger partial charge in [-0.25, -0.2) is 0 Å². The summed E-state index contributed by atoms with van der Waals surface area (Å²) in [6.07, 6.45) is 2.57. The maximum Gasteiger partial charge on any atom is 0.356 e. The molecule has 2 fully saturated rings. The quantitative estimate of drug-likeness (QED) is 0.649. The molecule has 0 bridgehead atoms. The second-order valence-corrected chi connectivity index (χ2v) is 7.73. The summed E-state index contributed by atoms with van der Waals surface area (Å²) < 4.78 is 11.9. The summed E-state index contributed by atoms with van der Waals surface area (Å²) in [4.78, 5) is 2.55. The monoisotopic (exact) mass is 215 g/mol. The lowest BCUT2D eigenvalue weighted by atomic mass is 9.89. The predicted molar refractivity (Wildman–Crippen MR) is 58.4 cm³/mol. The summed E-state index contributed by atoms with van der Waals surface area (Å²) >= 11 is 0. The van der Waals surface area contributed by atoms with Gasteiger partial charge in [0.15, 0.2) is 0 Å². The number of hydrogen-bond donors (Lipinski definition) is 0. The highest BCUT2D eigenvalue weighted by atomic mass is 28.4. The standard InChI is InChI=1S/C10H21NO2Si/c1-4-12-14(3,13-5-2)10-6-8-11(10)9-7-10/h4-9H2,1-3H3. The molecule has 0 spiro atoms. The molecule has 0 amide bonds. The second-order valence-electron chi connectivity index (χ2n) is 4.33. The highest BCUT2D eigenvalue weighted by Crippen LogP contribution is 2.49. The van der Waals surface area contributed by atoms with E-state index >= 15 is 0 Å². The first kappa shape index (κ1) is 10.6. The fourth-order valence-electron chi connectivity index (χ4n) is 2.92. The summed E-state index contributed by atoms with van der Waals surface area (Å²) in [5.74, 6) is 0. The minimum atomic E-state index is -1.94. The van der Waals surface area contributed by atoms with Crippen molar-refractivity contribution in [3.05, 3.63) is 0 Å². The number of nitrogens with zero attached hydrogens (tertiary/aromatic N) is 1. The van der Waals surface area contributed by atoms with Crippen molar-refractivity contribution < 1.29 is 8.85 Å². The first-order valence-corrected chi connectivity index (χ1v) is 8.03. The molecule has 2 aliphatic heterocycles. The number of hydrogen-bond acceptors (Lipinski definition) is 3. The van der Waals surface area contributed by atoms with Crippen molar-refractivity contribution in [2.45, 2.75) is 38.4 Å². The summed E-state index contributed by atoms with van der Waals surface area (Å²) in [5, 5.41) is 0.346. The molecule has 2 aliphatic rings. The molecule has 0 unspecified atom stereocenters. The van der Waals surface area contributed by atoms with E-state index in [1.807, 2.05) is 0 Å². The minimum Gasteiger partial charge on any atom is -0.394 e. The third kappa shape index (κ3) is 1.21. The van der Waals surface area contributed by atoms with E-state index in [4.69, 9.17) is 8.85 Å². The fourth-order valence-corrected chi connectivity index (χ4v) is 6.57. The van der Waals surface area contributed by atoms with E-state index in [0.717, 1.165) is 13.2 Å². The summed E-state index contributed by atoms with van der Waals surface area (Å²) in [7, 11) is -1.94. The third-order valence-electron chi connectivity index (χ3n) is 3.88. The molecule has 14 heavy (non-hydrogen) atoms. The predicted octanol–water partition coefficient (Wildman–Crippen LogP) is 1.52. The van der Waals surface area contributed by atoms with Gasteiger partial charge in [-0.2, -0.15) is 0 Å². The van der Waals surface area contributed by atoms with E-state index in [9.17, 15) is 0 Å². The van der Waals surface area contributed by atoms with Crippen LogP contribution in [0.2, 0.25) is 6.55 Å². The lowest BCUT2D eigenvalue weighted by Crippen LogP contribution is -2.82. The molecule has 0 aliphatic carbocycles. The first-order chi connectivity index (χ1) is 6.68. The minimum absolute atomic E-state index is 0.346. The van der Waals surface area contributed by atoms with Crippen LogP contribution in [-0.4, -0.2) is 44.9 Å². The van der Waals surface area contributed by atoms with Gasteiger partial charge in [0.1, 0.15) is 0 Å². The highest BCUT2D eigenvalue weighted by molar-refractivity contribution is 6.70. The summed E-state index contributed by atoms with van der Waals surface area (Å²) in [5.41, 5.74) is 0. The first-order valence-electron chi connectivity index (χ1n) is 5.71. The lowest BCUT2D eigenvalue weighted by Gasteiger charge is -2.66. The van der Waals surface area contributed by atoms with Crippen LogP contribution in [0.3, 0.4) is 0 Å². The summed E-state index contributed by atoms with van der Waals surface area (Å²) in [6.45, 7) is 10.5. The highest BCUT2D eigenvalue weighted by Gasteiger charge is 2.66. The Morgan fingerprint density at radius 1 is 1.14 bits per heavy atom. The number of rotatable bonds is 5. The molecular weight excluding hydrogens is 194 g/mol. The molecule has 0 aromatic heterocycles. The Labute approximate surface area is 87.6 Å². The molecule has 0 radical (unpaired) electrons. The van der Waals surface area contributed by atoms with Crippen LogP contribution in [0.15, 0.2) is 0 Å². The van der Waals surface area contributed by atoms with E-state index < -0.39 is 8.56 Å². The van der Waals surface area contributed by atoms with Crippen molar-refractivity contribution in [3.8, 4) is 0 Å². The molecule has 2 saturated heterocycles. The van der Waals surface area contributed by atoms with Crippen LogP contribution in [0.4, 0.5) is 0 Å². The van der Waals surface area contributed by atoms with Crippen molar-refractivity contribution in [2.75, 3.05) is 26.3 Å². The Kier molecular flexibility index (Phi) is 2.72. The Bertz CT molecular complexity index is 208. The van der Waals surface area contributed by atoms with Gasteiger partial charge in [-0.3, -0.25) is 4.90 Å². The zero-order chi connectivity index (χ0) is 10.2. The smallest absolute Gasteiger partial charge is 0.356 e. The average molecular weight is 215 g/mol. The molecule has 82 valence electrons. The maximum atomic E-state index is 5.97. The van der Waals surface area contributed by atoms with Crippen molar-refractivity contribution in [3.63, 3.8) is 0 Å². The lowest BCUT2D eigenvalue weighted by molar-refractivity contribution is -0.0814. The molecule has 3 nitrogen and oxygen atoms in total. The van der Waals surface area contributed by atoms with Crippen LogP contribution >= 0.6 is 0 Å². The van der Waals surface area contributed by atoms with Gasteiger partial charge in [0.2, 0.25) is 0 Å². The van der Waals surface area contributed by atoms with Crippen molar-refractivity contribution in [1.82, 2.24) is 4.90 Å². The fraction of sp³-hybridized carbons (Fsp3) is 1.00. The van der Waals surface area contributed by atoms with Gasteiger partial charge >= 0.3 is 8.56 Å². The van der Waals surface area contributed by atoms with Crippen LogP contribution in [0.25, 0.3) is 0 Å². The van der Waals surface area contributed by atoms with E-state index in [-0.39, 0.29) is 0 Å². The van der Waals surface area contributed by atoms with Crippen LogP contribution in [0.1, 0.15) is 26.7 Å². The molecule has 0 aromatic carbocycles. The molecule has 0 aromatic rings. The van der Waals surface area contributed by atoms with E-state index in [1.165, 1.54) is 25.9 Å². The van der Waals surface area contributed by atoms with Crippen molar-refractivity contribution >= 4 is 8.56 Å². The average Bonchev–Trinajstić information content (AvgIpc) is 2.11. The van der Waals surface area contributed by atoms with Gasteiger partial charge in [-0.15, -0.1) is 0 Å². The maximum absolute atomic E-state index is 5.97. The molecule has 0 atom stereocenters. The molecule has 0 saturated carbocycles.